The van der Waals surface area contributed by atoms with Crippen LogP contribution in [0.15, 0.2) is 6.20 Å². The number of aromatic nitrogens is 1. The fraction of sp³-hybridized carbons (Fsp3) is 0.545. The summed E-state index contributed by atoms with van der Waals surface area (Å²) in [7, 11) is 3.30. The minimum atomic E-state index is -0.285. The number of aryl methyl sites for hydroxylation is 1. The minimum Gasteiger partial charge on any atom is -0.347 e. The average molecular weight is 255 g/mol. The molecule has 0 saturated carbocycles. The first-order chi connectivity index (χ1) is 8.04. The number of rotatable bonds is 5. The van der Waals surface area contributed by atoms with Crippen LogP contribution in [0.1, 0.15) is 28.0 Å². The Kier molecular flexibility index (Phi) is 5.09. The van der Waals surface area contributed by atoms with E-state index in [9.17, 15) is 9.59 Å². The Balaban J connectivity index is 2.49. The lowest BCUT2D eigenvalue weighted by atomic mass is 10.3. The normalized spacial score (nSPS) is 10.1. The van der Waals surface area contributed by atoms with Gasteiger partial charge in [0.2, 0.25) is 5.91 Å². The highest BCUT2D eigenvalue weighted by Crippen LogP contribution is 2.14. The molecular weight excluding hydrogens is 238 g/mol. The molecule has 2 amide bonds. The Morgan fingerprint density at radius 1 is 1.47 bits per heavy atom. The molecule has 1 N–H and O–H groups in total. The van der Waals surface area contributed by atoms with Crippen molar-refractivity contribution in [1.29, 1.82) is 0 Å². The summed E-state index contributed by atoms with van der Waals surface area (Å²) in [5.74, 6) is -0.420. The van der Waals surface area contributed by atoms with E-state index in [0.717, 1.165) is 17.7 Å². The molecule has 0 aliphatic heterocycles. The number of hydrogen-bond donors (Lipinski definition) is 1. The predicted molar refractivity (Wildman–Crippen MR) is 67.1 cm³/mol. The molecule has 0 atom stereocenters. The summed E-state index contributed by atoms with van der Waals surface area (Å²) < 4.78 is 0. The molecule has 0 aliphatic carbocycles. The third-order valence-electron chi connectivity index (χ3n) is 2.14. The van der Waals surface area contributed by atoms with Crippen molar-refractivity contribution in [2.45, 2.75) is 19.8 Å². The average Bonchev–Trinajstić information content (AvgIpc) is 2.74. The van der Waals surface area contributed by atoms with Crippen LogP contribution >= 0.6 is 11.3 Å². The van der Waals surface area contributed by atoms with Crippen LogP contribution in [0.25, 0.3) is 0 Å². The van der Waals surface area contributed by atoms with Crippen molar-refractivity contribution >= 4 is 23.2 Å². The Bertz CT molecular complexity index is 401. The first kappa shape index (κ1) is 13.6. The minimum absolute atomic E-state index is 0.00846. The van der Waals surface area contributed by atoms with Crippen LogP contribution in [0, 0.1) is 0 Å². The summed E-state index contributed by atoms with van der Waals surface area (Å²) in [5.41, 5.74) is 0. The van der Waals surface area contributed by atoms with E-state index in [-0.39, 0.29) is 18.4 Å². The Hall–Kier alpha value is -1.43. The van der Waals surface area contributed by atoms with E-state index in [0.29, 0.717) is 5.01 Å². The predicted octanol–water partition coefficient (Wildman–Crippen LogP) is 0.914. The zero-order valence-corrected chi connectivity index (χ0v) is 11.1. The summed E-state index contributed by atoms with van der Waals surface area (Å²) in [6, 6.07) is 0. The second-order valence-electron chi connectivity index (χ2n) is 3.85. The number of nitrogens with zero attached hydrogens (tertiary/aromatic N) is 2. The molecule has 0 spiro atoms. The fourth-order valence-corrected chi connectivity index (χ4v) is 2.09. The summed E-state index contributed by atoms with van der Waals surface area (Å²) in [6.45, 7) is 2.09. The molecule has 0 saturated heterocycles. The third-order valence-corrected chi connectivity index (χ3v) is 3.20. The standard InChI is InChI=1S/C11H17N3O2S/c1-4-5-8-6-13-11(17-8)10(16)12-7-9(15)14(2)3/h6H,4-5,7H2,1-3H3,(H,12,16). The number of thiazole rings is 1. The second kappa shape index (κ2) is 6.34. The summed E-state index contributed by atoms with van der Waals surface area (Å²) in [6.07, 6.45) is 3.68. The van der Waals surface area contributed by atoms with Crippen LogP contribution in [0.4, 0.5) is 0 Å². The zero-order valence-electron chi connectivity index (χ0n) is 10.3. The van der Waals surface area contributed by atoms with Crippen molar-refractivity contribution in [3.8, 4) is 0 Å². The maximum atomic E-state index is 11.7. The van der Waals surface area contributed by atoms with Crippen LogP contribution < -0.4 is 5.32 Å². The fourth-order valence-electron chi connectivity index (χ4n) is 1.16. The third kappa shape index (κ3) is 4.14. The molecule has 0 unspecified atom stereocenters. The summed E-state index contributed by atoms with van der Waals surface area (Å²) in [5, 5.41) is 2.97. The number of likely N-dealkylation sites (N-methyl/N-ethyl adjacent to an activating group) is 1. The van der Waals surface area contributed by atoms with Crippen LogP contribution in [0.3, 0.4) is 0 Å². The Morgan fingerprint density at radius 2 is 2.18 bits per heavy atom. The zero-order chi connectivity index (χ0) is 12.8. The lowest BCUT2D eigenvalue weighted by molar-refractivity contribution is -0.127. The van der Waals surface area contributed by atoms with E-state index < -0.39 is 0 Å². The molecule has 1 aromatic rings. The van der Waals surface area contributed by atoms with E-state index >= 15 is 0 Å². The topological polar surface area (TPSA) is 62.3 Å². The van der Waals surface area contributed by atoms with E-state index in [4.69, 9.17) is 0 Å². The van der Waals surface area contributed by atoms with Gasteiger partial charge in [-0.1, -0.05) is 13.3 Å². The van der Waals surface area contributed by atoms with Crippen molar-refractivity contribution in [2.75, 3.05) is 20.6 Å². The second-order valence-corrected chi connectivity index (χ2v) is 4.97. The maximum Gasteiger partial charge on any atom is 0.280 e. The van der Waals surface area contributed by atoms with Gasteiger partial charge in [0.05, 0.1) is 6.54 Å². The molecule has 17 heavy (non-hydrogen) atoms. The van der Waals surface area contributed by atoms with Gasteiger partial charge in [0.25, 0.3) is 5.91 Å². The number of hydrogen-bond acceptors (Lipinski definition) is 4. The van der Waals surface area contributed by atoms with Crippen molar-refractivity contribution < 1.29 is 9.59 Å². The Labute approximate surface area is 105 Å². The van der Waals surface area contributed by atoms with Gasteiger partial charge in [0.15, 0.2) is 5.01 Å². The number of nitrogens with one attached hydrogen (secondary N) is 1. The first-order valence-electron chi connectivity index (χ1n) is 5.47. The molecule has 94 valence electrons. The van der Waals surface area contributed by atoms with Crippen molar-refractivity contribution in [3.63, 3.8) is 0 Å². The molecule has 1 rings (SSSR count). The van der Waals surface area contributed by atoms with Crippen LogP contribution in [0.2, 0.25) is 0 Å². The van der Waals surface area contributed by atoms with Gasteiger partial charge in [0, 0.05) is 25.2 Å². The number of carbonyl (C=O) groups excluding carboxylic acids is 2. The van der Waals surface area contributed by atoms with Gasteiger partial charge in [-0.15, -0.1) is 11.3 Å². The van der Waals surface area contributed by atoms with E-state index in [2.05, 4.69) is 17.2 Å². The summed E-state index contributed by atoms with van der Waals surface area (Å²) in [4.78, 5) is 29.5. The monoisotopic (exact) mass is 255 g/mol. The number of amides is 2. The SMILES string of the molecule is CCCc1cnc(C(=O)NCC(=O)N(C)C)s1. The van der Waals surface area contributed by atoms with Crippen molar-refractivity contribution in [1.82, 2.24) is 15.2 Å². The highest BCUT2D eigenvalue weighted by Gasteiger charge is 2.12. The van der Waals surface area contributed by atoms with E-state index in [1.165, 1.54) is 16.2 Å². The van der Waals surface area contributed by atoms with Gasteiger partial charge in [0.1, 0.15) is 0 Å². The molecule has 0 bridgehead atoms. The molecule has 0 fully saturated rings. The molecule has 1 heterocycles. The maximum absolute atomic E-state index is 11.7. The molecule has 6 heteroatoms. The molecule has 0 radical (unpaired) electrons. The van der Waals surface area contributed by atoms with Crippen molar-refractivity contribution in [2.24, 2.45) is 0 Å². The van der Waals surface area contributed by atoms with E-state index in [1.807, 2.05) is 0 Å². The summed E-state index contributed by atoms with van der Waals surface area (Å²) >= 11 is 1.38. The Morgan fingerprint density at radius 3 is 2.76 bits per heavy atom. The largest absolute Gasteiger partial charge is 0.347 e. The molecular formula is C11H17N3O2S. The van der Waals surface area contributed by atoms with Gasteiger partial charge >= 0.3 is 0 Å². The number of carbonyl (C=O) groups is 2. The van der Waals surface area contributed by atoms with Gasteiger partial charge in [-0.3, -0.25) is 9.59 Å². The van der Waals surface area contributed by atoms with Gasteiger partial charge < -0.3 is 10.2 Å². The first-order valence-corrected chi connectivity index (χ1v) is 6.29. The lowest BCUT2D eigenvalue weighted by Crippen LogP contribution is -2.36. The molecule has 0 aliphatic rings. The highest BCUT2D eigenvalue weighted by atomic mass is 32.1. The van der Waals surface area contributed by atoms with Crippen molar-refractivity contribution in [3.05, 3.63) is 16.1 Å². The quantitative estimate of drug-likeness (QED) is 0.850. The van der Waals surface area contributed by atoms with Gasteiger partial charge in [-0.2, -0.15) is 0 Å². The van der Waals surface area contributed by atoms with Gasteiger partial charge in [-0.25, -0.2) is 4.98 Å². The lowest BCUT2D eigenvalue weighted by Gasteiger charge is -2.09. The van der Waals surface area contributed by atoms with Crippen LogP contribution in [-0.2, 0) is 11.2 Å². The molecule has 0 aromatic carbocycles. The van der Waals surface area contributed by atoms with Gasteiger partial charge in [-0.05, 0) is 6.42 Å². The highest BCUT2D eigenvalue weighted by molar-refractivity contribution is 7.13. The smallest absolute Gasteiger partial charge is 0.280 e. The van der Waals surface area contributed by atoms with Crippen LogP contribution in [-0.4, -0.2) is 42.3 Å². The molecule has 1 aromatic heterocycles. The molecule has 5 nitrogen and oxygen atoms in total. The van der Waals surface area contributed by atoms with Crippen LogP contribution in [0.5, 0.6) is 0 Å². The van der Waals surface area contributed by atoms with E-state index in [1.54, 1.807) is 20.3 Å².